The fraction of sp³-hybridized carbons (Fsp3) is 0.412. The van der Waals surface area contributed by atoms with Crippen LogP contribution in [0.2, 0.25) is 0 Å². The number of halogens is 1. The molecule has 0 atom stereocenters. The van der Waals surface area contributed by atoms with Gasteiger partial charge in [0.05, 0.1) is 11.1 Å². The molecule has 1 N–H and O–H groups in total. The van der Waals surface area contributed by atoms with E-state index in [2.05, 4.69) is 21.2 Å². The summed E-state index contributed by atoms with van der Waals surface area (Å²) in [5.74, 6) is 0.452. The van der Waals surface area contributed by atoms with Crippen molar-refractivity contribution in [2.24, 2.45) is 0 Å². The van der Waals surface area contributed by atoms with Crippen molar-refractivity contribution < 1.29 is 9.53 Å². The maximum Gasteiger partial charge on any atom is 0.262 e. The first-order valence-corrected chi connectivity index (χ1v) is 8.28. The fourth-order valence-corrected chi connectivity index (χ4v) is 3.04. The molecule has 0 aliphatic heterocycles. The number of nitrogens with one attached hydrogen (secondary N) is 1. The molecule has 22 heavy (non-hydrogen) atoms. The monoisotopic (exact) mass is 362 g/mol. The summed E-state index contributed by atoms with van der Waals surface area (Å²) in [5, 5.41) is 12.2. The number of ether oxygens (including phenoxy) is 1. The Balaban J connectivity index is 2.12. The first-order chi connectivity index (χ1) is 10.6. The van der Waals surface area contributed by atoms with Crippen molar-refractivity contribution >= 4 is 27.9 Å². The molecule has 5 heteroatoms. The minimum Gasteiger partial charge on any atom is -0.493 e. The van der Waals surface area contributed by atoms with Gasteiger partial charge in [-0.05, 0) is 59.5 Å². The van der Waals surface area contributed by atoms with Gasteiger partial charge in [0.25, 0.3) is 5.91 Å². The molecular formula is C17H19BrN2O2. The maximum atomic E-state index is 12.2. The van der Waals surface area contributed by atoms with Crippen LogP contribution in [-0.2, 0) is 4.79 Å². The Morgan fingerprint density at radius 2 is 2.23 bits per heavy atom. The molecule has 1 fully saturated rings. The van der Waals surface area contributed by atoms with Gasteiger partial charge in [-0.15, -0.1) is 0 Å². The fourth-order valence-electron chi connectivity index (χ4n) is 2.53. The van der Waals surface area contributed by atoms with Crippen LogP contribution in [0.15, 0.2) is 28.2 Å². The summed E-state index contributed by atoms with van der Waals surface area (Å²) < 4.78 is 6.25. The topological polar surface area (TPSA) is 62.1 Å². The Hall–Kier alpha value is -1.80. The van der Waals surface area contributed by atoms with Gasteiger partial charge in [-0.1, -0.05) is 18.9 Å². The van der Waals surface area contributed by atoms with Gasteiger partial charge >= 0.3 is 0 Å². The lowest BCUT2D eigenvalue weighted by molar-refractivity contribution is -0.117. The van der Waals surface area contributed by atoms with E-state index in [0.29, 0.717) is 6.61 Å². The van der Waals surface area contributed by atoms with Gasteiger partial charge < -0.3 is 10.1 Å². The summed E-state index contributed by atoms with van der Waals surface area (Å²) in [4.78, 5) is 12.2. The summed E-state index contributed by atoms with van der Waals surface area (Å²) in [6.07, 6.45) is 5.88. The molecule has 0 unspecified atom stereocenters. The Labute approximate surface area is 139 Å². The van der Waals surface area contributed by atoms with Gasteiger partial charge in [-0.3, -0.25) is 4.79 Å². The zero-order valence-corrected chi connectivity index (χ0v) is 14.1. The molecule has 0 radical (unpaired) electrons. The second-order valence-corrected chi connectivity index (χ2v) is 6.10. The van der Waals surface area contributed by atoms with Gasteiger partial charge in [-0.2, -0.15) is 5.26 Å². The average molecular weight is 363 g/mol. The van der Waals surface area contributed by atoms with Crippen molar-refractivity contribution in [2.75, 3.05) is 6.61 Å². The standard InChI is InChI=1S/C17H19BrN2O2/c1-2-22-16-8-7-12(10-15(16)18)9-13(11-19)17(21)20-14-5-3-4-6-14/h7-10,14H,2-6H2,1H3,(H,20,21). The Morgan fingerprint density at radius 1 is 1.50 bits per heavy atom. The van der Waals surface area contributed by atoms with E-state index in [-0.39, 0.29) is 17.5 Å². The molecule has 1 saturated carbocycles. The molecule has 4 nitrogen and oxygen atoms in total. The van der Waals surface area contributed by atoms with Crippen LogP contribution in [0.25, 0.3) is 6.08 Å². The lowest BCUT2D eigenvalue weighted by Gasteiger charge is -2.11. The Bertz CT molecular complexity index is 614. The number of carbonyl (C=O) groups excluding carboxylic acids is 1. The highest BCUT2D eigenvalue weighted by Crippen LogP contribution is 2.27. The molecule has 0 aromatic heterocycles. The van der Waals surface area contributed by atoms with Crippen LogP contribution < -0.4 is 10.1 Å². The summed E-state index contributed by atoms with van der Waals surface area (Å²) >= 11 is 3.43. The van der Waals surface area contributed by atoms with Crippen molar-refractivity contribution in [3.8, 4) is 11.8 Å². The number of amides is 1. The summed E-state index contributed by atoms with van der Waals surface area (Å²) in [5.41, 5.74) is 0.913. The first-order valence-electron chi connectivity index (χ1n) is 7.49. The molecule has 0 saturated heterocycles. The highest BCUT2D eigenvalue weighted by molar-refractivity contribution is 9.10. The van der Waals surface area contributed by atoms with E-state index in [1.165, 1.54) is 0 Å². The Kier molecular flexibility index (Phi) is 6.02. The van der Waals surface area contributed by atoms with Crippen molar-refractivity contribution in [1.82, 2.24) is 5.32 Å². The van der Waals surface area contributed by atoms with Crippen LogP contribution in [0.4, 0.5) is 0 Å². The third-order valence-corrected chi connectivity index (χ3v) is 4.24. The van der Waals surface area contributed by atoms with E-state index in [1.54, 1.807) is 6.08 Å². The van der Waals surface area contributed by atoms with Crippen LogP contribution in [0.5, 0.6) is 5.75 Å². The van der Waals surface area contributed by atoms with Crippen LogP contribution in [0.1, 0.15) is 38.2 Å². The number of hydrogen-bond donors (Lipinski definition) is 1. The summed E-state index contributed by atoms with van der Waals surface area (Å²) in [6.45, 7) is 2.50. The highest BCUT2D eigenvalue weighted by Gasteiger charge is 2.19. The lowest BCUT2D eigenvalue weighted by Crippen LogP contribution is -2.33. The highest BCUT2D eigenvalue weighted by atomic mass is 79.9. The first kappa shape index (κ1) is 16.6. The zero-order chi connectivity index (χ0) is 15.9. The largest absolute Gasteiger partial charge is 0.493 e. The van der Waals surface area contributed by atoms with E-state index in [1.807, 2.05) is 31.2 Å². The van der Waals surface area contributed by atoms with Crippen molar-refractivity contribution in [3.63, 3.8) is 0 Å². The van der Waals surface area contributed by atoms with E-state index < -0.39 is 0 Å². The normalized spacial score (nSPS) is 15.4. The number of carbonyl (C=O) groups is 1. The number of nitrogens with zero attached hydrogens (tertiary/aromatic N) is 1. The van der Waals surface area contributed by atoms with E-state index in [9.17, 15) is 10.1 Å². The van der Waals surface area contributed by atoms with Crippen molar-refractivity contribution in [2.45, 2.75) is 38.6 Å². The molecule has 1 aliphatic rings. The van der Waals surface area contributed by atoms with Gasteiger partial charge in [0, 0.05) is 6.04 Å². The van der Waals surface area contributed by atoms with E-state index >= 15 is 0 Å². The predicted molar refractivity (Wildman–Crippen MR) is 89.3 cm³/mol. The van der Waals surface area contributed by atoms with E-state index in [0.717, 1.165) is 41.5 Å². The third kappa shape index (κ3) is 4.35. The predicted octanol–water partition coefficient (Wildman–Crippen LogP) is 3.81. The summed E-state index contributed by atoms with van der Waals surface area (Å²) in [7, 11) is 0. The SMILES string of the molecule is CCOc1ccc(C=C(C#N)C(=O)NC2CCCC2)cc1Br. The lowest BCUT2D eigenvalue weighted by atomic mass is 10.1. The summed E-state index contributed by atoms with van der Waals surface area (Å²) in [6, 6.07) is 7.68. The zero-order valence-electron chi connectivity index (χ0n) is 12.6. The van der Waals surface area contributed by atoms with Crippen LogP contribution in [0, 0.1) is 11.3 Å². The second-order valence-electron chi connectivity index (χ2n) is 5.25. The molecule has 1 aliphatic carbocycles. The molecule has 0 spiro atoms. The quantitative estimate of drug-likeness (QED) is 0.639. The van der Waals surface area contributed by atoms with Crippen molar-refractivity contribution in [3.05, 3.63) is 33.8 Å². The molecule has 0 bridgehead atoms. The number of benzene rings is 1. The molecule has 1 aromatic rings. The number of nitriles is 1. The molecule has 1 amide bonds. The minimum absolute atomic E-state index is 0.128. The molecular weight excluding hydrogens is 344 g/mol. The molecule has 0 heterocycles. The minimum atomic E-state index is -0.292. The van der Waals surface area contributed by atoms with E-state index in [4.69, 9.17) is 4.74 Å². The Morgan fingerprint density at radius 3 is 2.82 bits per heavy atom. The number of rotatable bonds is 5. The molecule has 116 valence electrons. The van der Waals surface area contributed by atoms with Crippen molar-refractivity contribution in [1.29, 1.82) is 5.26 Å². The smallest absolute Gasteiger partial charge is 0.262 e. The van der Waals surface area contributed by atoms with Crippen LogP contribution in [-0.4, -0.2) is 18.6 Å². The average Bonchev–Trinajstić information content (AvgIpc) is 3.00. The molecule has 2 rings (SSSR count). The van der Waals surface area contributed by atoms with Gasteiger partial charge in [0.1, 0.15) is 17.4 Å². The third-order valence-electron chi connectivity index (χ3n) is 3.62. The molecule has 1 aromatic carbocycles. The van der Waals surface area contributed by atoms with Gasteiger partial charge in [0.2, 0.25) is 0 Å². The maximum absolute atomic E-state index is 12.2. The van der Waals surface area contributed by atoms with Gasteiger partial charge in [0.15, 0.2) is 0 Å². The number of hydrogen-bond acceptors (Lipinski definition) is 3. The van der Waals surface area contributed by atoms with Crippen LogP contribution in [0.3, 0.4) is 0 Å². The van der Waals surface area contributed by atoms with Crippen LogP contribution >= 0.6 is 15.9 Å². The second kappa shape index (κ2) is 8.00. The van der Waals surface area contributed by atoms with Gasteiger partial charge in [-0.25, -0.2) is 0 Å².